The fourth-order valence-corrected chi connectivity index (χ4v) is 0.587. The van der Waals surface area contributed by atoms with Crippen molar-refractivity contribution in [2.75, 3.05) is 0 Å². The van der Waals surface area contributed by atoms with Crippen LogP contribution in [0, 0.1) is 5.41 Å². The van der Waals surface area contributed by atoms with Crippen molar-refractivity contribution in [2.24, 2.45) is 21.2 Å². The van der Waals surface area contributed by atoms with Gasteiger partial charge in [0.2, 0.25) is 5.96 Å². The number of nitrogens with zero attached hydrogens (tertiary/aromatic N) is 4. The minimum atomic E-state index is 0.170. The third-order valence-corrected chi connectivity index (χ3v) is 1.12. The summed E-state index contributed by atoms with van der Waals surface area (Å²) in [6.07, 6.45) is 1.53. The maximum Gasteiger partial charge on any atom is 0.245 e. The van der Waals surface area contributed by atoms with Crippen LogP contribution in [-0.2, 0) is 0 Å². The molecular weight excluding hydrogens is 144 g/mol. The molecule has 11 heavy (non-hydrogen) atoms. The fraction of sp³-hybridized carbons (Fsp3) is 0.600. The summed E-state index contributed by atoms with van der Waals surface area (Å²) in [5.41, 5.74) is 5.36. The number of guanidine groups is 1. The zero-order valence-electron chi connectivity index (χ0n) is 6.28. The van der Waals surface area contributed by atoms with E-state index in [0.717, 1.165) is 6.42 Å². The average molecular weight is 154 g/mol. The van der Waals surface area contributed by atoms with Crippen molar-refractivity contribution in [3.8, 4) is 0 Å². The van der Waals surface area contributed by atoms with Crippen molar-refractivity contribution in [1.82, 2.24) is 5.12 Å². The molecule has 60 valence electrons. The summed E-state index contributed by atoms with van der Waals surface area (Å²) in [5.74, 6) is 0.436. The summed E-state index contributed by atoms with van der Waals surface area (Å²) in [7, 11) is 0. The van der Waals surface area contributed by atoms with E-state index in [1.165, 1.54) is 5.12 Å². The highest BCUT2D eigenvalue weighted by Gasteiger charge is 2.15. The van der Waals surface area contributed by atoms with Crippen molar-refractivity contribution >= 4 is 11.8 Å². The molecule has 0 saturated heterocycles. The highest BCUT2D eigenvalue weighted by molar-refractivity contribution is 5.93. The number of hydrogen-bond acceptors (Lipinski definition) is 3. The van der Waals surface area contributed by atoms with Gasteiger partial charge in [0.15, 0.2) is 0 Å². The van der Waals surface area contributed by atoms with E-state index in [4.69, 9.17) is 11.1 Å². The molecule has 0 unspecified atom stereocenters. The predicted molar refractivity (Wildman–Crippen MR) is 41.0 cm³/mol. The third-order valence-electron chi connectivity index (χ3n) is 1.12. The van der Waals surface area contributed by atoms with Crippen LogP contribution in [0.25, 0.3) is 0 Å². The molecule has 0 bridgehead atoms. The molecule has 0 amide bonds. The van der Waals surface area contributed by atoms with E-state index < -0.39 is 0 Å². The summed E-state index contributed by atoms with van der Waals surface area (Å²) in [6, 6.07) is 0. The van der Waals surface area contributed by atoms with Gasteiger partial charge in [-0.05, 0) is 16.9 Å². The Labute approximate surface area is 64.3 Å². The Morgan fingerprint density at radius 3 is 2.73 bits per heavy atom. The normalized spacial score (nSPS) is 15.4. The van der Waals surface area contributed by atoms with Crippen LogP contribution in [0.15, 0.2) is 15.4 Å². The molecular formula is C5H10N6. The molecule has 1 rings (SSSR count). The van der Waals surface area contributed by atoms with Gasteiger partial charge < -0.3 is 5.73 Å². The van der Waals surface area contributed by atoms with E-state index >= 15 is 0 Å². The molecule has 0 atom stereocenters. The maximum atomic E-state index is 7.26. The monoisotopic (exact) mass is 154 g/mol. The number of rotatable bonds is 2. The number of hydrogen-bond donors (Lipinski definition) is 2. The topological polar surface area (TPSA) is 90.0 Å². The van der Waals surface area contributed by atoms with Gasteiger partial charge in [0.1, 0.15) is 5.84 Å². The number of amidine groups is 1. The second-order valence-corrected chi connectivity index (χ2v) is 2.14. The van der Waals surface area contributed by atoms with Gasteiger partial charge in [0.05, 0.1) is 0 Å². The minimum Gasteiger partial charge on any atom is -0.366 e. The van der Waals surface area contributed by atoms with E-state index in [1.54, 1.807) is 0 Å². The quantitative estimate of drug-likeness (QED) is 0.452. The standard InChI is InChI=1S/C5H10N6/c1-2-3-4(6)8-5(7)11-9-10-11/h2-3H2,1H3,(H3,6,7,8). The van der Waals surface area contributed by atoms with Gasteiger partial charge in [-0.2, -0.15) is 4.99 Å². The lowest BCUT2D eigenvalue weighted by Crippen LogP contribution is -2.22. The summed E-state index contributed by atoms with van der Waals surface area (Å²) < 4.78 is 0. The molecule has 0 aromatic rings. The number of nitrogens with two attached hydrogens (primary N) is 1. The van der Waals surface area contributed by atoms with Crippen LogP contribution in [-0.4, -0.2) is 16.9 Å². The van der Waals surface area contributed by atoms with E-state index in [9.17, 15) is 0 Å². The molecule has 6 heteroatoms. The van der Waals surface area contributed by atoms with Gasteiger partial charge in [-0.3, -0.25) is 5.41 Å². The lowest BCUT2D eigenvalue weighted by atomic mass is 10.3. The Balaban J connectivity index is 2.36. The molecule has 0 aliphatic carbocycles. The first-order chi connectivity index (χ1) is 5.24. The molecule has 1 aliphatic rings. The first kappa shape index (κ1) is 7.64. The Morgan fingerprint density at radius 2 is 2.27 bits per heavy atom. The van der Waals surface area contributed by atoms with Gasteiger partial charge in [0, 0.05) is 6.42 Å². The van der Waals surface area contributed by atoms with E-state index in [-0.39, 0.29) is 11.8 Å². The Kier molecular flexibility index (Phi) is 2.15. The second kappa shape index (κ2) is 3.09. The average Bonchev–Trinajstić information content (AvgIpc) is 2.67. The molecule has 1 heterocycles. The molecule has 3 N–H and O–H groups in total. The summed E-state index contributed by atoms with van der Waals surface area (Å²) in [6.45, 7) is 1.98. The van der Waals surface area contributed by atoms with Crippen LogP contribution in [0.5, 0.6) is 0 Å². The van der Waals surface area contributed by atoms with Gasteiger partial charge in [-0.1, -0.05) is 12.0 Å². The van der Waals surface area contributed by atoms with Crippen molar-refractivity contribution < 1.29 is 0 Å². The van der Waals surface area contributed by atoms with Crippen LogP contribution in [0.3, 0.4) is 0 Å². The van der Waals surface area contributed by atoms with Gasteiger partial charge in [-0.15, -0.1) is 0 Å². The smallest absolute Gasteiger partial charge is 0.245 e. The SMILES string of the molecule is CCCC(=N)N=C(N)N1N=N1. The molecule has 0 aromatic carbocycles. The fourth-order valence-electron chi connectivity index (χ4n) is 0.587. The summed E-state index contributed by atoms with van der Waals surface area (Å²) >= 11 is 0. The first-order valence-corrected chi connectivity index (χ1v) is 3.37. The van der Waals surface area contributed by atoms with Crippen LogP contribution in [0.1, 0.15) is 19.8 Å². The molecule has 6 nitrogen and oxygen atoms in total. The predicted octanol–water partition coefficient (Wildman–Crippen LogP) is 0.676. The highest BCUT2D eigenvalue weighted by Crippen LogP contribution is 2.06. The minimum absolute atomic E-state index is 0.170. The molecule has 1 aliphatic heterocycles. The zero-order valence-corrected chi connectivity index (χ0v) is 6.28. The van der Waals surface area contributed by atoms with Gasteiger partial charge in [-0.25, -0.2) is 0 Å². The van der Waals surface area contributed by atoms with Gasteiger partial charge in [0.25, 0.3) is 0 Å². The number of aliphatic imine (C=N–C) groups is 1. The zero-order chi connectivity index (χ0) is 8.27. The molecule has 0 fully saturated rings. The summed E-state index contributed by atoms with van der Waals surface area (Å²) in [4.78, 5) is 3.74. The first-order valence-electron chi connectivity index (χ1n) is 3.37. The molecule has 0 spiro atoms. The Morgan fingerprint density at radius 1 is 1.64 bits per heavy atom. The van der Waals surface area contributed by atoms with Crippen LogP contribution in [0.4, 0.5) is 0 Å². The maximum absolute atomic E-state index is 7.26. The lowest BCUT2D eigenvalue weighted by Gasteiger charge is -1.96. The second-order valence-electron chi connectivity index (χ2n) is 2.14. The Bertz CT molecular complexity index is 211. The van der Waals surface area contributed by atoms with Crippen molar-refractivity contribution in [3.05, 3.63) is 0 Å². The van der Waals surface area contributed by atoms with E-state index in [1.807, 2.05) is 6.92 Å². The van der Waals surface area contributed by atoms with Crippen molar-refractivity contribution in [2.45, 2.75) is 19.8 Å². The van der Waals surface area contributed by atoms with Crippen molar-refractivity contribution in [3.63, 3.8) is 0 Å². The lowest BCUT2D eigenvalue weighted by molar-refractivity contribution is 0.710. The van der Waals surface area contributed by atoms with Crippen molar-refractivity contribution in [1.29, 1.82) is 5.41 Å². The Hall–Kier alpha value is -1.46. The molecule has 0 saturated carbocycles. The van der Waals surface area contributed by atoms with Gasteiger partial charge >= 0.3 is 0 Å². The largest absolute Gasteiger partial charge is 0.366 e. The van der Waals surface area contributed by atoms with Crippen LogP contribution >= 0.6 is 0 Å². The third kappa shape index (κ3) is 2.32. The molecule has 0 radical (unpaired) electrons. The summed E-state index contributed by atoms with van der Waals surface area (Å²) in [5, 5.41) is 15.3. The molecule has 0 aromatic heterocycles. The van der Waals surface area contributed by atoms with Crippen LogP contribution < -0.4 is 5.73 Å². The van der Waals surface area contributed by atoms with E-state index in [0.29, 0.717) is 6.42 Å². The number of nitrogens with one attached hydrogen (secondary N) is 1. The van der Waals surface area contributed by atoms with Crippen LogP contribution in [0.2, 0.25) is 0 Å². The highest BCUT2D eigenvalue weighted by atomic mass is 15.9. The van der Waals surface area contributed by atoms with E-state index in [2.05, 4.69) is 15.4 Å².